The molecule has 0 radical (unpaired) electrons. The first-order valence-corrected chi connectivity index (χ1v) is 6.56. The molecular formula is C14H21N3O. The summed E-state index contributed by atoms with van der Waals surface area (Å²) in [6, 6.07) is 5.56. The highest BCUT2D eigenvalue weighted by Gasteiger charge is 2.25. The predicted molar refractivity (Wildman–Crippen MR) is 74.4 cm³/mol. The molecule has 1 aromatic rings. The second kappa shape index (κ2) is 5.29. The van der Waals surface area contributed by atoms with E-state index < -0.39 is 5.91 Å². The molecule has 0 aliphatic heterocycles. The smallest absolute Gasteiger partial charge is 0.250 e. The van der Waals surface area contributed by atoms with E-state index in [1.807, 2.05) is 0 Å². The summed E-state index contributed by atoms with van der Waals surface area (Å²) in [5.41, 5.74) is 13.1. The summed E-state index contributed by atoms with van der Waals surface area (Å²) in [6.45, 7) is 2.15. The molecule has 4 heteroatoms. The summed E-state index contributed by atoms with van der Waals surface area (Å²) in [6.07, 6.45) is 4.85. The minimum Gasteiger partial charge on any atom is -0.399 e. The Labute approximate surface area is 108 Å². The number of hydrogen-bond donors (Lipinski definition) is 3. The fourth-order valence-corrected chi connectivity index (χ4v) is 2.20. The quantitative estimate of drug-likeness (QED) is 0.675. The van der Waals surface area contributed by atoms with Crippen LogP contribution in [0.25, 0.3) is 0 Å². The maximum Gasteiger partial charge on any atom is 0.250 e. The summed E-state index contributed by atoms with van der Waals surface area (Å²) >= 11 is 0. The van der Waals surface area contributed by atoms with Crippen molar-refractivity contribution in [1.82, 2.24) is 0 Å². The van der Waals surface area contributed by atoms with Gasteiger partial charge in [0, 0.05) is 17.4 Å². The Morgan fingerprint density at radius 1 is 1.50 bits per heavy atom. The van der Waals surface area contributed by atoms with Crippen molar-refractivity contribution in [3.05, 3.63) is 23.8 Å². The van der Waals surface area contributed by atoms with Gasteiger partial charge < -0.3 is 16.8 Å². The molecule has 1 fully saturated rings. The van der Waals surface area contributed by atoms with Crippen LogP contribution in [0.15, 0.2) is 18.2 Å². The van der Waals surface area contributed by atoms with Gasteiger partial charge in [0.25, 0.3) is 5.91 Å². The van der Waals surface area contributed by atoms with Crippen molar-refractivity contribution in [1.29, 1.82) is 0 Å². The van der Waals surface area contributed by atoms with Crippen molar-refractivity contribution >= 4 is 17.3 Å². The first-order chi connectivity index (χ1) is 8.60. The SMILES string of the molecule is CCC(CC1CC1)Nc1cc(N)ccc1C(N)=O. The molecule has 0 saturated heterocycles. The van der Waals surface area contributed by atoms with E-state index in [-0.39, 0.29) is 0 Å². The van der Waals surface area contributed by atoms with Gasteiger partial charge in [0.1, 0.15) is 0 Å². The number of carbonyl (C=O) groups is 1. The fraction of sp³-hybridized carbons (Fsp3) is 0.500. The number of hydrogen-bond acceptors (Lipinski definition) is 3. The Bertz CT molecular complexity index is 441. The molecule has 0 aromatic heterocycles. The Kier molecular flexibility index (Phi) is 3.75. The predicted octanol–water partition coefficient (Wildman–Crippen LogP) is 2.36. The van der Waals surface area contributed by atoms with E-state index in [0.29, 0.717) is 17.3 Å². The van der Waals surface area contributed by atoms with E-state index in [0.717, 1.165) is 24.4 Å². The van der Waals surface area contributed by atoms with E-state index in [9.17, 15) is 4.79 Å². The lowest BCUT2D eigenvalue weighted by Gasteiger charge is -2.20. The third kappa shape index (κ3) is 3.15. The molecule has 1 aromatic carbocycles. The molecule has 98 valence electrons. The minimum atomic E-state index is -0.418. The molecule has 1 saturated carbocycles. The molecule has 1 amide bonds. The van der Waals surface area contributed by atoms with Gasteiger partial charge in [0.05, 0.1) is 5.56 Å². The topological polar surface area (TPSA) is 81.1 Å². The second-order valence-electron chi connectivity index (χ2n) is 5.10. The van der Waals surface area contributed by atoms with Crippen LogP contribution in [-0.4, -0.2) is 11.9 Å². The van der Waals surface area contributed by atoms with Gasteiger partial charge in [-0.25, -0.2) is 0 Å². The second-order valence-corrected chi connectivity index (χ2v) is 5.10. The number of nitrogens with one attached hydrogen (secondary N) is 1. The average Bonchev–Trinajstić information content (AvgIpc) is 3.11. The molecule has 0 spiro atoms. The molecule has 1 aliphatic rings. The number of nitrogens with two attached hydrogens (primary N) is 2. The van der Waals surface area contributed by atoms with E-state index in [1.165, 1.54) is 12.8 Å². The van der Waals surface area contributed by atoms with Gasteiger partial charge in [-0.2, -0.15) is 0 Å². The number of rotatable bonds is 6. The van der Waals surface area contributed by atoms with E-state index in [2.05, 4.69) is 12.2 Å². The fourth-order valence-electron chi connectivity index (χ4n) is 2.20. The largest absolute Gasteiger partial charge is 0.399 e. The number of amides is 1. The molecule has 0 heterocycles. The van der Waals surface area contributed by atoms with Gasteiger partial charge in [-0.1, -0.05) is 19.8 Å². The van der Waals surface area contributed by atoms with Crippen molar-refractivity contribution in [2.45, 2.75) is 38.6 Å². The third-order valence-corrected chi connectivity index (χ3v) is 3.48. The molecule has 1 unspecified atom stereocenters. The Hall–Kier alpha value is -1.71. The van der Waals surface area contributed by atoms with Gasteiger partial charge in [-0.05, 0) is 37.0 Å². The lowest BCUT2D eigenvalue weighted by atomic mass is 10.1. The summed E-state index contributed by atoms with van der Waals surface area (Å²) < 4.78 is 0. The van der Waals surface area contributed by atoms with Crippen molar-refractivity contribution in [2.75, 3.05) is 11.1 Å². The van der Waals surface area contributed by atoms with Gasteiger partial charge in [0.2, 0.25) is 0 Å². The van der Waals surface area contributed by atoms with Gasteiger partial charge >= 0.3 is 0 Å². The number of benzene rings is 1. The Morgan fingerprint density at radius 3 is 2.78 bits per heavy atom. The number of primary amides is 1. The highest BCUT2D eigenvalue weighted by atomic mass is 16.1. The third-order valence-electron chi connectivity index (χ3n) is 3.48. The summed E-state index contributed by atoms with van der Waals surface area (Å²) in [5.74, 6) is 0.430. The van der Waals surface area contributed by atoms with Crippen LogP contribution in [0.2, 0.25) is 0 Å². The Balaban J connectivity index is 2.14. The molecule has 2 rings (SSSR count). The summed E-state index contributed by atoms with van der Waals surface area (Å²) in [4.78, 5) is 11.4. The van der Waals surface area contributed by atoms with Crippen LogP contribution in [0.4, 0.5) is 11.4 Å². The molecule has 18 heavy (non-hydrogen) atoms. The van der Waals surface area contributed by atoms with Gasteiger partial charge in [0.15, 0.2) is 0 Å². The number of anilines is 2. The van der Waals surface area contributed by atoms with Crippen molar-refractivity contribution < 1.29 is 4.79 Å². The van der Waals surface area contributed by atoms with E-state index in [1.54, 1.807) is 18.2 Å². The monoisotopic (exact) mass is 247 g/mol. The molecule has 5 N–H and O–H groups in total. The minimum absolute atomic E-state index is 0.386. The molecule has 4 nitrogen and oxygen atoms in total. The van der Waals surface area contributed by atoms with Gasteiger partial charge in [-0.15, -0.1) is 0 Å². The van der Waals surface area contributed by atoms with Gasteiger partial charge in [-0.3, -0.25) is 4.79 Å². The van der Waals surface area contributed by atoms with Crippen molar-refractivity contribution in [2.24, 2.45) is 11.7 Å². The van der Waals surface area contributed by atoms with Crippen molar-refractivity contribution in [3.8, 4) is 0 Å². The van der Waals surface area contributed by atoms with Crippen LogP contribution >= 0.6 is 0 Å². The average molecular weight is 247 g/mol. The van der Waals surface area contributed by atoms with Crippen LogP contribution in [0.3, 0.4) is 0 Å². The standard InChI is InChI=1S/C14H21N3O/c1-2-11(7-9-3-4-9)17-13-8-10(15)5-6-12(13)14(16)18/h5-6,8-9,11,17H,2-4,7,15H2,1H3,(H2,16,18). The first-order valence-electron chi connectivity index (χ1n) is 6.56. The van der Waals surface area contributed by atoms with Crippen molar-refractivity contribution in [3.63, 3.8) is 0 Å². The Morgan fingerprint density at radius 2 is 2.22 bits per heavy atom. The molecular weight excluding hydrogens is 226 g/mol. The lowest BCUT2D eigenvalue weighted by Crippen LogP contribution is -2.22. The van der Waals surface area contributed by atoms with Crippen LogP contribution in [0, 0.1) is 5.92 Å². The first kappa shape index (κ1) is 12.7. The highest BCUT2D eigenvalue weighted by molar-refractivity contribution is 5.99. The summed E-state index contributed by atoms with van der Waals surface area (Å²) in [7, 11) is 0. The molecule has 0 bridgehead atoms. The maximum atomic E-state index is 11.4. The van der Waals surface area contributed by atoms with Crippen LogP contribution < -0.4 is 16.8 Å². The zero-order valence-corrected chi connectivity index (χ0v) is 10.8. The van der Waals surface area contributed by atoms with Crippen LogP contribution in [-0.2, 0) is 0 Å². The highest BCUT2D eigenvalue weighted by Crippen LogP contribution is 2.35. The number of carbonyl (C=O) groups excluding carboxylic acids is 1. The summed E-state index contributed by atoms with van der Waals surface area (Å²) in [5, 5.41) is 3.41. The number of nitrogen functional groups attached to an aromatic ring is 1. The molecule has 1 aliphatic carbocycles. The maximum absolute atomic E-state index is 11.4. The zero-order valence-electron chi connectivity index (χ0n) is 10.8. The zero-order chi connectivity index (χ0) is 13.1. The normalized spacial score (nSPS) is 16.3. The molecule has 1 atom stereocenters. The van der Waals surface area contributed by atoms with E-state index >= 15 is 0 Å². The van der Waals surface area contributed by atoms with Crippen LogP contribution in [0.1, 0.15) is 43.0 Å². The van der Waals surface area contributed by atoms with Crippen LogP contribution in [0.5, 0.6) is 0 Å². The lowest BCUT2D eigenvalue weighted by molar-refractivity contribution is 0.100. The van der Waals surface area contributed by atoms with E-state index in [4.69, 9.17) is 11.5 Å².